The number of aryl methyl sites for hydroxylation is 1. The molecule has 0 aliphatic rings. The highest BCUT2D eigenvalue weighted by Gasteiger charge is 2.06. The van der Waals surface area contributed by atoms with Crippen LogP contribution in [-0.2, 0) is 11.2 Å². The summed E-state index contributed by atoms with van der Waals surface area (Å²) in [6.07, 6.45) is 2.02. The van der Waals surface area contributed by atoms with Crippen LogP contribution in [0.15, 0.2) is 24.3 Å². The summed E-state index contributed by atoms with van der Waals surface area (Å²) < 4.78 is 0. The Hall–Kier alpha value is -1.91. The monoisotopic (exact) mass is 236 g/mol. The maximum absolute atomic E-state index is 11.3. The van der Waals surface area contributed by atoms with E-state index in [9.17, 15) is 14.9 Å². The van der Waals surface area contributed by atoms with Gasteiger partial charge in [-0.3, -0.25) is 14.9 Å². The lowest BCUT2D eigenvalue weighted by Gasteiger charge is -2.09. The molecule has 0 aliphatic heterocycles. The molecule has 5 heteroatoms. The number of hydrogen-bond acceptors (Lipinski definition) is 3. The highest BCUT2D eigenvalue weighted by molar-refractivity contribution is 5.75. The first kappa shape index (κ1) is 13.2. The third kappa shape index (κ3) is 4.22. The van der Waals surface area contributed by atoms with E-state index in [1.807, 2.05) is 0 Å². The van der Waals surface area contributed by atoms with Crippen molar-refractivity contribution in [2.75, 3.05) is 14.1 Å². The van der Waals surface area contributed by atoms with Crippen LogP contribution >= 0.6 is 0 Å². The molecule has 0 N–H and O–H groups in total. The summed E-state index contributed by atoms with van der Waals surface area (Å²) in [4.78, 5) is 22.9. The summed E-state index contributed by atoms with van der Waals surface area (Å²) in [7, 11) is 3.46. The molecule has 0 saturated carbocycles. The molecule has 1 rings (SSSR count). The third-order valence-corrected chi connectivity index (χ3v) is 2.50. The molecule has 0 heterocycles. The average Bonchev–Trinajstić information content (AvgIpc) is 2.29. The molecule has 0 atom stereocenters. The van der Waals surface area contributed by atoms with Crippen LogP contribution in [0.1, 0.15) is 18.4 Å². The molecule has 1 aromatic rings. The molecule has 0 unspecified atom stereocenters. The van der Waals surface area contributed by atoms with Crippen LogP contribution < -0.4 is 0 Å². The van der Waals surface area contributed by atoms with Gasteiger partial charge in [0.05, 0.1) is 4.92 Å². The molecule has 0 saturated heterocycles. The SMILES string of the molecule is CN(C)C(=O)CCCc1ccc([N+](=O)[O-])cc1. The Labute approximate surface area is 100 Å². The molecule has 92 valence electrons. The summed E-state index contributed by atoms with van der Waals surface area (Å²) in [6.45, 7) is 0. The first-order valence-corrected chi connectivity index (χ1v) is 5.44. The summed E-state index contributed by atoms with van der Waals surface area (Å²) >= 11 is 0. The van der Waals surface area contributed by atoms with E-state index >= 15 is 0 Å². The largest absolute Gasteiger partial charge is 0.349 e. The van der Waals surface area contributed by atoms with Gasteiger partial charge in [-0.2, -0.15) is 0 Å². The molecule has 5 nitrogen and oxygen atoms in total. The van der Waals surface area contributed by atoms with Crippen LogP contribution in [0.2, 0.25) is 0 Å². The zero-order valence-electron chi connectivity index (χ0n) is 10.0. The Morgan fingerprint density at radius 3 is 2.35 bits per heavy atom. The molecular formula is C12H16N2O3. The fraction of sp³-hybridized carbons (Fsp3) is 0.417. The van der Waals surface area contributed by atoms with Crippen LogP contribution in [-0.4, -0.2) is 29.8 Å². The summed E-state index contributed by atoms with van der Waals surface area (Å²) in [5.74, 6) is 0.104. The van der Waals surface area contributed by atoms with Crippen LogP contribution in [0.25, 0.3) is 0 Å². The minimum absolute atomic E-state index is 0.0955. The van der Waals surface area contributed by atoms with E-state index in [1.165, 1.54) is 12.1 Å². The van der Waals surface area contributed by atoms with E-state index in [-0.39, 0.29) is 11.6 Å². The van der Waals surface area contributed by atoms with Crippen LogP contribution in [0.3, 0.4) is 0 Å². The van der Waals surface area contributed by atoms with Gasteiger partial charge in [0, 0.05) is 32.6 Å². The molecule has 0 bridgehead atoms. The van der Waals surface area contributed by atoms with Gasteiger partial charge in [-0.05, 0) is 18.4 Å². The highest BCUT2D eigenvalue weighted by Crippen LogP contribution is 2.13. The number of carbonyl (C=O) groups excluding carboxylic acids is 1. The standard InChI is InChI=1S/C12H16N2O3/c1-13(2)12(15)5-3-4-10-6-8-11(9-7-10)14(16)17/h6-9H,3-5H2,1-2H3. The van der Waals surface area contributed by atoms with Crippen LogP contribution in [0.5, 0.6) is 0 Å². The topological polar surface area (TPSA) is 63.5 Å². The zero-order chi connectivity index (χ0) is 12.8. The Morgan fingerprint density at radius 1 is 1.29 bits per heavy atom. The molecular weight excluding hydrogens is 220 g/mol. The van der Waals surface area contributed by atoms with Gasteiger partial charge < -0.3 is 4.90 Å². The van der Waals surface area contributed by atoms with Gasteiger partial charge in [-0.25, -0.2) is 0 Å². The molecule has 1 aromatic carbocycles. The van der Waals surface area contributed by atoms with E-state index < -0.39 is 4.92 Å². The van der Waals surface area contributed by atoms with Crippen molar-refractivity contribution < 1.29 is 9.72 Å². The quantitative estimate of drug-likeness (QED) is 0.580. The minimum atomic E-state index is -0.417. The van der Waals surface area contributed by atoms with E-state index in [0.29, 0.717) is 6.42 Å². The number of hydrogen-bond donors (Lipinski definition) is 0. The number of carbonyl (C=O) groups is 1. The molecule has 0 spiro atoms. The molecule has 0 radical (unpaired) electrons. The van der Waals surface area contributed by atoms with E-state index in [1.54, 1.807) is 31.1 Å². The van der Waals surface area contributed by atoms with E-state index in [4.69, 9.17) is 0 Å². The Kier molecular flexibility index (Phi) is 4.63. The van der Waals surface area contributed by atoms with Crippen molar-refractivity contribution in [3.05, 3.63) is 39.9 Å². The maximum atomic E-state index is 11.3. The van der Waals surface area contributed by atoms with E-state index in [2.05, 4.69) is 0 Å². The third-order valence-electron chi connectivity index (χ3n) is 2.50. The zero-order valence-corrected chi connectivity index (χ0v) is 10.0. The lowest BCUT2D eigenvalue weighted by molar-refractivity contribution is -0.384. The van der Waals surface area contributed by atoms with Crippen molar-refractivity contribution in [2.24, 2.45) is 0 Å². The summed E-state index contributed by atoms with van der Waals surface area (Å²) in [6, 6.07) is 6.45. The Morgan fingerprint density at radius 2 is 1.88 bits per heavy atom. The Balaban J connectivity index is 2.42. The fourth-order valence-corrected chi connectivity index (χ4v) is 1.45. The molecule has 0 aromatic heterocycles. The molecule has 17 heavy (non-hydrogen) atoms. The lowest BCUT2D eigenvalue weighted by Crippen LogP contribution is -2.21. The van der Waals surface area contributed by atoms with Gasteiger partial charge >= 0.3 is 0 Å². The van der Waals surface area contributed by atoms with Gasteiger partial charge in [0.25, 0.3) is 5.69 Å². The van der Waals surface area contributed by atoms with Crippen molar-refractivity contribution >= 4 is 11.6 Å². The van der Waals surface area contributed by atoms with Crippen molar-refractivity contribution in [3.63, 3.8) is 0 Å². The highest BCUT2D eigenvalue weighted by atomic mass is 16.6. The predicted octanol–water partition coefficient (Wildman–Crippen LogP) is 2.01. The number of nitro benzene ring substituents is 1. The fourth-order valence-electron chi connectivity index (χ4n) is 1.45. The molecule has 0 aliphatic carbocycles. The second kappa shape index (κ2) is 5.98. The second-order valence-electron chi connectivity index (χ2n) is 4.07. The smallest absolute Gasteiger partial charge is 0.269 e. The average molecular weight is 236 g/mol. The number of nitro groups is 1. The minimum Gasteiger partial charge on any atom is -0.349 e. The summed E-state index contributed by atoms with van der Waals surface area (Å²) in [5.41, 5.74) is 1.11. The normalized spacial score (nSPS) is 10.0. The molecule has 1 amide bonds. The number of benzene rings is 1. The van der Waals surface area contributed by atoms with Gasteiger partial charge in [-0.15, -0.1) is 0 Å². The number of non-ortho nitro benzene ring substituents is 1. The van der Waals surface area contributed by atoms with Crippen molar-refractivity contribution in [3.8, 4) is 0 Å². The number of rotatable bonds is 5. The Bertz CT molecular complexity index is 399. The van der Waals surface area contributed by atoms with Gasteiger partial charge in [0.15, 0.2) is 0 Å². The van der Waals surface area contributed by atoms with Gasteiger partial charge in [-0.1, -0.05) is 12.1 Å². The predicted molar refractivity (Wildman–Crippen MR) is 64.7 cm³/mol. The van der Waals surface area contributed by atoms with Crippen LogP contribution in [0, 0.1) is 10.1 Å². The number of amides is 1. The molecule has 0 fully saturated rings. The van der Waals surface area contributed by atoms with Crippen LogP contribution in [0.4, 0.5) is 5.69 Å². The maximum Gasteiger partial charge on any atom is 0.269 e. The second-order valence-corrected chi connectivity index (χ2v) is 4.07. The lowest BCUT2D eigenvalue weighted by atomic mass is 10.1. The number of nitrogens with zero attached hydrogens (tertiary/aromatic N) is 2. The van der Waals surface area contributed by atoms with Crippen molar-refractivity contribution in [2.45, 2.75) is 19.3 Å². The van der Waals surface area contributed by atoms with E-state index in [0.717, 1.165) is 18.4 Å². The first-order valence-electron chi connectivity index (χ1n) is 5.44. The van der Waals surface area contributed by atoms with Gasteiger partial charge in [0.2, 0.25) is 5.91 Å². The summed E-state index contributed by atoms with van der Waals surface area (Å²) in [5, 5.41) is 10.4. The van der Waals surface area contributed by atoms with Crippen molar-refractivity contribution in [1.29, 1.82) is 0 Å². The van der Waals surface area contributed by atoms with Gasteiger partial charge in [0.1, 0.15) is 0 Å². The first-order chi connectivity index (χ1) is 8.00. The van der Waals surface area contributed by atoms with Crippen molar-refractivity contribution in [1.82, 2.24) is 4.90 Å².